The van der Waals surface area contributed by atoms with E-state index in [9.17, 15) is 14.0 Å². The van der Waals surface area contributed by atoms with Gasteiger partial charge in [0.15, 0.2) is 0 Å². The van der Waals surface area contributed by atoms with Gasteiger partial charge in [0, 0.05) is 36.2 Å². The smallest absolute Gasteiger partial charge is 0.272 e. The molecule has 2 aromatic carbocycles. The fourth-order valence-electron chi connectivity index (χ4n) is 3.29. The van der Waals surface area contributed by atoms with Gasteiger partial charge in [-0.3, -0.25) is 14.7 Å². The summed E-state index contributed by atoms with van der Waals surface area (Å²) in [5.74, 6) is -0.543. The molecule has 29 heavy (non-hydrogen) atoms. The quantitative estimate of drug-likeness (QED) is 0.654. The number of halogens is 2. The molecule has 3 aromatic rings. The maximum absolute atomic E-state index is 13.1. The first-order chi connectivity index (χ1) is 14.0. The lowest BCUT2D eigenvalue weighted by Gasteiger charge is -2.34. The second kappa shape index (κ2) is 8.16. The van der Waals surface area contributed by atoms with Gasteiger partial charge in [-0.2, -0.15) is 5.10 Å². The lowest BCUT2D eigenvalue weighted by molar-refractivity contribution is 0.0532. The Balaban J connectivity index is 1.40. The van der Waals surface area contributed by atoms with E-state index in [2.05, 4.69) is 26.1 Å². The molecule has 0 aliphatic carbocycles. The number of carbonyl (C=O) groups excluding carboxylic acids is 2. The van der Waals surface area contributed by atoms with Crippen molar-refractivity contribution in [3.63, 3.8) is 0 Å². The summed E-state index contributed by atoms with van der Waals surface area (Å²) in [6.45, 7) is 1.82. The number of amides is 2. The zero-order valence-electron chi connectivity index (χ0n) is 15.4. The van der Waals surface area contributed by atoms with Crippen LogP contribution in [0.2, 0.25) is 0 Å². The first-order valence-corrected chi connectivity index (χ1v) is 9.96. The third-order valence-corrected chi connectivity index (χ3v) is 5.60. The average Bonchev–Trinajstić information content (AvgIpc) is 3.24. The number of nitrogens with zero attached hydrogens (tertiary/aromatic N) is 3. The summed E-state index contributed by atoms with van der Waals surface area (Å²) in [6, 6.07) is 14.9. The lowest BCUT2D eigenvalue weighted by atomic mass is 10.1. The molecular formula is C21H18BrFN4O2. The molecule has 1 aliphatic rings. The molecule has 1 N–H and O–H groups in total. The van der Waals surface area contributed by atoms with Crippen molar-refractivity contribution < 1.29 is 14.0 Å². The van der Waals surface area contributed by atoms with Crippen LogP contribution in [0.25, 0.3) is 11.3 Å². The van der Waals surface area contributed by atoms with Crippen LogP contribution in [0, 0.1) is 5.82 Å². The van der Waals surface area contributed by atoms with E-state index < -0.39 is 0 Å². The number of benzene rings is 2. The zero-order chi connectivity index (χ0) is 20.4. The molecule has 0 atom stereocenters. The maximum Gasteiger partial charge on any atom is 0.272 e. The summed E-state index contributed by atoms with van der Waals surface area (Å²) in [7, 11) is 0. The zero-order valence-corrected chi connectivity index (χ0v) is 17.0. The largest absolute Gasteiger partial charge is 0.335 e. The fraction of sp³-hybridized carbons (Fsp3) is 0.190. The molecule has 1 saturated heterocycles. The molecule has 148 valence electrons. The first kappa shape index (κ1) is 19.3. The summed E-state index contributed by atoms with van der Waals surface area (Å²) in [5, 5.41) is 6.92. The predicted octanol–water partition coefficient (Wildman–Crippen LogP) is 3.58. The third-order valence-electron chi connectivity index (χ3n) is 4.91. The fourth-order valence-corrected chi connectivity index (χ4v) is 3.74. The minimum absolute atomic E-state index is 0.0512. The number of hydrogen-bond donors (Lipinski definition) is 1. The summed E-state index contributed by atoms with van der Waals surface area (Å²) in [6.07, 6.45) is 0. The number of piperazine rings is 1. The van der Waals surface area contributed by atoms with Crippen molar-refractivity contribution in [3.05, 3.63) is 76.1 Å². The van der Waals surface area contributed by atoms with Crippen molar-refractivity contribution in [2.24, 2.45) is 0 Å². The number of H-pyrrole nitrogens is 1. The number of carbonyl (C=O) groups is 2. The Bertz CT molecular complexity index is 1040. The molecule has 0 radical (unpaired) electrons. The summed E-state index contributed by atoms with van der Waals surface area (Å²) in [4.78, 5) is 28.9. The number of aromatic nitrogens is 2. The molecule has 1 fully saturated rings. The number of aromatic amines is 1. The number of hydrogen-bond acceptors (Lipinski definition) is 3. The Kier molecular flexibility index (Phi) is 5.44. The summed E-state index contributed by atoms with van der Waals surface area (Å²) >= 11 is 3.41. The Hall–Kier alpha value is -3.00. The van der Waals surface area contributed by atoms with Crippen LogP contribution < -0.4 is 0 Å². The van der Waals surface area contributed by atoms with Gasteiger partial charge in [0.1, 0.15) is 11.5 Å². The minimum Gasteiger partial charge on any atom is -0.335 e. The van der Waals surface area contributed by atoms with Gasteiger partial charge in [-0.25, -0.2) is 4.39 Å². The van der Waals surface area contributed by atoms with Gasteiger partial charge in [-0.1, -0.05) is 12.1 Å². The average molecular weight is 457 g/mol. The molecular weight excluding hydrogens is 439 g/mol. The van der Waals surface area contributed by atoms with Crippen LogP contribution in [0.5, 0.6) is 0 Å². The molecule has 2 amide bonds. The van der Waals surface area contributed by atoms with Crippen molar-refractivity contribution in [2.75, 3.05) is 26.2 Å². The van der Waals surface area contributed by atoms with Gasteiger partial charge in [-0.05, 0) is 58.4 Å². The molecule has 2 heterocycles. The van der Waals surface area contributed by atoms with Crippen LogP contribution >= 0.6 is 15.9 Å². The third kappa shape index (κ3) is 4.07. The highest BCUT2D eigenvalue weighted by Crippen LogP contribution is 2.21. The molecule has 0 spiro atoms. The Morgan fingerprint density at radius 2 is 1.55 bits per heavy atom. The van der Waals surface area contributed by atoms with Gasteiger partial charge in [-0.15, -0.1) is 0 Å². The number of nitrogens with one attached hydrogen (secondary N) is 1. The van der Waals surface area contributed by atoms with Crippen molar-refractivity contribution in [1.82, 2.24) is 20.0 Å². The van der Waals surface area contributed by atoms with Crippen LogP contribution in [0.15, 0.2) is 59.1 Å². The molecule has 4 rings (SSSR count). The highest BCUT2D eigenvalue weighted by Gasteiger charge is 2.27. The summed E-state index contributed by atoms with van der Waals surface area (Å²) < 4.78 is 13.8. The second-order valence-electron chi connectivity index (χ2n) is 6.74. The van der Waals surface area contributed by atoms with Gasteiger partial charge in [0.05, 0.1) is 11.3 Å². The van der Waals surface area contributed by atoms with Crippen LogP contribution in [0.1, 0.15) is 20.8 Å². The van der Waals surface area contributed by atoms with Gasteiger partial charge in [0.2, 0.25) is 0 Å². The highest BCUT2D eigenvalue weighted by molar-refractivity contribution is 9.10. The SMILES string of the molecule is O=C(c1cc(-c2ccc(F)cc2)n[nH]1)N1CCN(C(=O)c2ccccc2Br)CC1. The lowest BCUT2D eigenvalue weighted by Crippen LogP contribution is -2.50. The van der Waals surface area contributed by atoms with E-state index >= 15 is 0 Å². The van der Waals surface area contributed by atoms with Crippen molar-refractivity contribution >= 4 is 27.7 Å². The highest BCUT2D eigenvalue weighted by atomic mass is 79.9. The summed E-state index contributed by atoms with van der Waals surface area (Å²) in [5.41, 5.74) is 2.29. The van der Waals surface area contributed by atoms with Crippen LogP contribution in [-0.4, -0.2) is 58.0 Å². The minimum atomic E-state index is -0.324. The molecule has 6 nitrogen and oxygen atoms in total. The molecule has 0 bridgehead atoms. The van der Waals surface area contributed by atoms with E-state index in [1.165, 1.54) is 12.1 Å². The molecule has 1 aliphatic heterocycles. The van der Waals surface area contributed by atoms with Crippen LogP contribution in [0.4, 0.5) is 4.39 Å². The standard InChI is InChI=1S/C21H18BrFN4O2/c22-17-4-2-1-3-16(17)20(28)26-9-11-27(12-10-26)21(29)19-13-18(24-25-19)14-5-7-15(23)8-6-14/h1-8,13H,9-12H2,(H,24,25). The Morgan fingerprint density at radius 3 is 2.21 bits per heavy atom. The Labute approximate surface area is 175 Å². The van der Waals surface area contributed by atoms with E-state index in [0.717, 1.165) is 10.0 Å². The molecule has 8 heteroatoms. The van der Waals surface area contributed by atoms with E-state index in [4.69, 9.17) is 0 Å². The Morgan fingerprint density at radius 1 is 0.931 bits per heavy atom. The van der Waals surface area contributed by atoms with Gasteiger partial charge in [0.25, 0.3) is 11.8 Å². The first-order valence-electron chi connectivity index (χ1n) is 9.17. The van der Waals surface area contributed by atoms with Gasteiger partial charge >= 0.3 is 0 Å². The van der Waals surface area contributed by atoms with Crippen LogP contribution in [-0.2, 0) is 0 Å². The topological polar surface area (TPSA) is 69.3 Å². The van der Waals surface area contributed by atoms with Crippen molar-refractivity contribution in [3.8, 4) is 11.3 Å². The van der Waals surface area contributed by atoms with Gasteiger partial charge < -0.3 is 9.80 Å². The van der Waals surface area contributed by atoms with E-state index in [1.807, 2.05) is 18.2 Å². The van der Waals surface area contributed by atoms with E-state index in [-0.39, 0.29) is 17.6 Å². The maximum atomic E-state index is 13.1. The second-order valence-corrected chi connectivity index (χ2v) is 7.59. The van der Waals surface area contributed by atoms with Crippen LogP contribution in [0.3, 0.4) is 0 Å². The molecule has 0 unspecified atom stereocenters. The normalized spacial score (nSPS) is 14.1. The molecule has 1 aromatic heterocycles. The van der Waals surface area contributed by atoms with Crippen molar-refractivity contribution in [2.45, 2.75) is 0 Å². The predicted molar refractivity (Wildman–Crippen MR) is 110 cm³/mol. The van der Waals surface area contributed by atoms with E-state index in [0.29, 0.717) is 43.1 Å². The van der Waals surface area contributed by atoms with Crippen molar-refractivity contribution in [1.29, 1.82) is 0 Å². The molecule has 0 saturated carbocycles. The monoisotopic (exact) mass is 456 g/mol. The van der Waals surface area contributed by atoms with E-state index in [1.54, 1.807) is 34.1 Å². The number of rotatable bonds is 3.